The number of aromatic amines is 1. The summed E-state index contributed by atoms with van der Waals surface area (Å²) in [5.74, 6) is 1.26. The number of benzene rings is 1. The highest BCUT2D eigenvalue weighted by Gasteiger charge is 2.39. The summed E-state index contributed by atoms with van der Waals surface area (Å²) < 4.78 is 0. The van der Waals surface area contributed by atoms with Gasteiger partial charge in [-0.05, 0) is 25.0 Å². The molecule has 0 saturated heterocycles. The smallest absolute Gasteiger partial charge is 0.198 e. The zero-order valence-corrected chi connectivity index (χ0v) is 11.9. The van der Waals surface area contributed by atoms with Crippen LogP contribution in [0.3, 0.4) is 0 Å². The fourth-order valence-corrected chi connectivity index (χ4v) is 2.77. The van der Waals surface area contributed by atoms with Gasteiger partial charge in [-0.3, -0.25) is 10.8 Å². The third kappa shape index (κ3) is 1.91. The second-order valence-electron chi connectivity index (χ2n) is 5.64. The van der Waals surface area contributed by atoms with Gasteiger partial charge in [-0.1, -0.05) is 18.2 Å². The molecule has 1 aliphatic heterocycles. The van der Waals surface area contributed by atoms with Crippen molar-refractivity contribution in [2.45, 2.75) is 24.4 Å². The molecule has 1 aromatic heterocycles. The largest absolute Gasteiger partial charge is 0.359 e. The average Bonchev–Trinajstić information content (AvgIpc) is 3.24. The van der Waals surface area contributed by atoms with Gasteiger partial charge >= 0.3 is 0 Å². The number of hydrogen-bond acceptors (Lipinski definition) is 5. The van der Waals surface area contributed by atoms with Crippen LogP contribution < -0.4 is 16.4 Å². The summed E-state index contributed by atoms with van der Waals surface area (Å²) in [6.45, 7) is 0. The lowest BCUT2D eigenvalue weighted by atomic mass is 9.93. The van der Waals surface area contributed by atoms with Crippen molar-refractivity contribution in [3.63, 3.8) is 0 Å². The summed E-state index contributed by atoms with van der Waals surface area (Å²) >= 11 is 0. The van der Waals surface area contributed by atoms with Gasteiger partial charge in [-0.25, -0.2) is 4.99 Å². The lowest BCUT2D eigenvalue weighted by Gasteiger charge is -2.34. The number of nitrogens with one attached hydrogen (secondary N) is 3. The van der Waals surface area contributed by atoms with Crippen LogP contribution in [0.15, 0.2) is 35.3 Å². The summed E-state index contributed by atoms with van der Waals surface area (Å²) in [5.41, 5.74) is 9.55. The third-order valence-electron chi connectivity index (χ3n) is 4.13. The summed E-state index contributed by atoms with van der Waals surface area (Å²) in [7, 11) is 1.82. The van der Waals surface area contributed by atoms with E-state index in [1.54, 1.807) is 0 Å². The molecule has 0 bridgehead atoms. The van der Waals surface area contributed by atoms with Gasteiger partial charge in [0.15, 0.2) is 11.6 Å². The maximum Gasteiger partial charge on any atom is 0.198 e. The SMILES string of the molecule is CNC1=Nc2ccccc2C(N)(c2cc(C3CC3)[nH]n2)N1. The molecule has 2 aliphatic rings. The zero-order chi connectivity index (χ0) is 14.4. The maximum atomic E-state index is 6.68. The number of para-hydroxylation sites is 1. The molecule has 2 heterocycles. The first-order valence-corrected chi connectivity index (χ1v) is 7.19. The predicted octanol–water partition coefficient (Wildman–Crippen LogP) is 1.26. The Morgan fingerprint density at radius 1 is 1.33 bits per heavy atom. The number of aliphatic imine (C=N–C) groups is 1. The number of nitrogens with two attached hydrogens (primary N) is 1. The van der Waals surface area contributed by atoms with Gasteiger partial charge < -0.3 is 10.6 Å². The minimum Gasteiger partial charge on any atom is -0.359 e. The Labute approximate surface area is 122 Å². The fourth-order valence-electron chi connectivity index (χ4n) is 2.77. The fraction of sp³-hybridized carbons (Fsp3) is 0.333. The van der Waals surface area contributed by atoms with Crippen molar-refractivity contribution in [3.8, 4) is 0 Å². The minimum absolute atomic E-state index is 0.617. The summed E-state index contributed by atoms with van der Waals surface area (Å²) in [6, 6.07) is 9.95. The van der Waals surface area contributed by atoms with E-state index in [1.165, 1.54) is 18.5 Å². The standard InChI is InChI=1S/C15H18N6/c1-17-14-18-11-5-3-2-4-10(11)15(16,19-14)13-8-12(20-21-13)9-6-7-9/h2-5,8-9H,6-7,16H2,1H3,(H,20,21)(H2,17,18,19). The molecule has 1 saturated carbocycles. The van der Waals surface area contributed by atoms with Crippen molar-refractivity contribution in [2.75, 3.05) is 7.05 Å². The highest BCUT2D eigenvalue weighted by atomic mass is 15.3. The third-order valence-corrected chi connectivity index (χ3v) is 4.13. The van der Waals surface area contributed by atoms with Crippen LogP contribution in [0.5, 0.6) is 0 Å². The van der Waals surface area contributed by atoms with Crippen LogP contribution in [0.25, 0.3) is 0 Å². The van der Waals surface area contributed by atoms with E-state index < -0.39 is 5.66 Å². The van der Waals surface area contributed by atoms with E-state index in [2.05, 4.69) is 31.9 Å². The van der Waals surface area contributed by atoms with E-state index in [1.807, 2.05) is 31.3 Å². The number of H-pyrrole nitrogens is 1. The van der Waals surface area contributed by atoms with Crippen molar-refractivity contribution in [1.29, 1.82) is 0 Å². The van der Waals surface area contributed by atoms with E-state index in [4.69, 9.17) is 5.73 Å². The number of aromatic nitrogens is 2. The van der Waals surface area contributed by atoms with Crippen LogP contribution in [0.4, 0.5) is 5.69 Å². The lowest BCUT2D eigenvalue weighted by Crippen LogP contribution is -2.58. The number of rotatable bonds is 2. The molecule has 6 nitrogen and oxygen atoms in total. The minimum atomic E-state index is -0.875. The molecule has 1 fully saturated rings. The van der Waals surface area contributed by atoms with Gasteiger partial charge in [-0.15, -0.1) is 0 Å². The van der Waals surface area contributed by atoms with Gasteiger partial charge in [0.05, 0.1) is 5.69 Å². The van der Waals surface area contributed by atoms with Gasteiger partial charge in [0.1, 0.15) is 5.69 Å². The lowest BCUT2D eigenvalue weighted by molar-refractivity contribution is 0.470. The first-order chi connectivity index (χ1) is 10.2. The van der Waals surface area contributed by atoms with Crippen LogP contribution in [0.2, 0.25) is 0 Å². The molecular weight excluding hydrogens is 264 g/mol. The van der Waals surface area contributed by atoms with E-state index in [0.717, 1.165) is 16.9 Å². The van der Waals surface area contributed by atoms with E-state index in [0.29, 0.717) is 11.9 Å². The normalized spacial score (nSPS) is 24.0. The summed E-state index contributed by atoms with van der Waals surface area (Å²) in [5, 5.41) is 13.9. The Morgan fingerprint density at radius 3 is 2.90 bits per heavy atom. The van der Waals surface area contributed by atoms with E-state index >= 15 is 0 Å². The highest BCUT2D eigenvalue weighted by Crippen LogP contribution is 2.41. The predicted molar refractivity (Wildman–Crippen MR) is 81.3 cm³/mol. The molecule has 0 radical (unpaired) electrons. The molecule has 1 aromatic carbocycles. The molecule has 1 atom stereocenters. The second-order valence-corrected chi connectivity index (χ2v) is 5.64. The molecule has 21 heavy (non-hydrogen) atoms. The van der Waals surface area contributed by atoms with Crippen LogP contribution in [-0.4, -0.2) is 23.2 Å². The Hall–Kier alpha value is -2.34. The van der Waals surface area contributed by atoms with Gasteiger partial charge in [0, 0.05) is 24.2 Å². The molecule has 2 aromatic rings. The van der Waals surface area contributed by atoms with Crippen LogP contribution in [-0.2, 0) is 5.66 Å². The summed E-state index contributed by atoms with van der Waals surface area (Å²) in [6.07, 6.45) is 2.46. The molecule has 1 aliphatic carbocycles. The van der Waals surface area contributed by atoms with E-state index in [9.17, 15) is 0 Å². The molecule has 5 N–H and O–H groups in total. The molecule has 4 rings (SSSR count). The molecule has 1 unspecified atom stereocenters. The monoisotopic (exact) mass is 282 g/mol. The average molecular weight is 282 g/mol. The van der Waals surface area contributed by atoms with Crippen molar-refractivity contribution in [3.05, 3.63) is 47.3 Å². The van der Waals surface area contributed by atoms with Crippen molar-refractivity contribution >= 4 is 11.6 Å². The van der Waals surface area contributed by atoms with Crippen molar-refractivity contribution < 1.29 is 0 Å². The van der Waals surface area contributed by atoms with Crippen molar-refractivity contribution in [1.82, 2.24) is 20.8 Å². The number of guanidine groups is 1. The molecular formula is C15H18N6. The summed E-state index contributed by atoms with van der Waals surface area (Å²) in [4.78, 5) is 4.52. The Bertz CT molecular complexity index is 714. The molecule has 0 spiro atoms. The molecule has 0 amide bonds. The highest BCUT2D eigenvalue weighted by molar-refractivity contribution is 5.87. The zero-order valence-electron chi connectivity index (χ0n) is 11.9. The Kier molecular flexibility index (Phi) is 2.56. The second kappa shape index (κ2) is 4.33. The van der Waals surface area contributed by atoms with E-state index in [-0.39, 0.29) is 0 Å². The Balaban J connectivity index is 1.82. The molecule has 108 valence electrons. The van der Waals surface area contributed by atoms with Gasteiger partial charge in [0.2, 0.25) is 0 Å². The van der Waals surface area contributed by atoms with Crippen LogP contribution in [0.1, 0.15) is 35.7 Å². The van der Waals surface area contributed by atoms with Crippen LogP contribution in [0, 0.1) is 0 Å². The first kappa shape index (κ1) is 12.4. The maximum absolute atomic E-state index is 6.68. The quantitative estimate of drug-likeness (QED) is 0.667. The number of nitrogens with zero attached hydrogens (tertiary/aromatic N) is 2. The van der Waals surface area contributed by atoms with Gasteiger partial charge in [-0.2, -0.15) is 5.10 Å². The Morgan fingerprint density at radius 2 is 2.14 bits per heavy atom. The molecule has 6 heteroatoms. The van der Waals surface area contributed by atoms with Gasteiger partial charge in [0.25, 0.3) is 0 Å². The topological polar surface area (TPSA) is 91.1 Å². The first-order valence-electron chi connectivity index (χ1n) is 7.19. The van der Waals surface area contributed by atoms with Crippen LogP contribution >= 0.6 is 0 Å². The number of fused-ring (bicyclic) bond motifs is 1. The van der Waals surface area contributed by atoms with Crippen molar-refractivity contribution in [2.24, 2.45) is 10.7 Å². The number of hydrogen-bond donors (Lipinski definition) is 4.